The van der Waals surface area contributed by atoms with Crippen LogP contribution in [-0.2, 0) is 4.79 Å². The number of carbonyl (C=O) groups is 1. The van der Waals surface area contributed by atoms with Gasteiger partial charge < -0.3 is 14.8 Å². The molecule has 4 heteroatoms. The summed E-state index contributed by atoms with van der Waals surface area (Å²) in [6, 6.07) is 5.34. The quantitative estimate of drug-likeness (QED) is 0.846. The first-order valence-corrected chi connectivity index (χ1v) is 5.27. The predicted octanol–water partition coefficient (Wildman–Crippen LogP) is 2.05. The van der Waals surface area contributed by atoms with Crippen LogP contribution in [0.15, 0.2) is 18.2 Å². The van der Waals surface area contributed by atoms with Crippen molar-refractivity contribution in [3.8, 4) is 11.5 Å². The van der Waals surface area contributed by atoms with Crippen molar-refractivity contribution in [1.82, 2.24) is 0 Å². The summed E-state index contributed by atoms with van der Waals surface area (Å²) in [6.45, 7) is 0. The lowest BCUT2D eigenvalue weighted by molar-refractivity contribution is -0.117. The Hall–Kier alpha value is -1.71. The van der Waals surface area contributed by atoms with Crippen LogP contribution in [-0.4, -0.2) is 20.1 Å². The van der Waals surface area contributed by atoms with Gasteiger partial charge in [-0.2, -0.15) is 0 Å². The fraction of sp³-hybridized carbons (Fsp3) is 0.417. The molecule has 1 N–H and O–H groups in total. The van der Waals surface area contributed by atoms with Crippen LogP contribution in [0.2, 0.25) is 0 Å². The molecule has 0 spiro atoms. The number of anilines is 1. The van der Waals surface area contributed by atoms with E-state index < -0.39 is 0 Å². The van der Waals surface area contributed by atoms with Crippen molar-refractivity contribution in [3.63, 3.8) is 0 Å². The van der Waals surface area contributed by atoms with Crippen molar-refractivity contribution in [3.05, 3.63) is 18.2 Å². The number of methoxy groups -OCH3 is 2. The van der Waals surface area contributed by atoms with Crippen LogP contribution in [0.1, 0.15) is 12.8 Å². The number of carbonyl (C=O) groups excluding carboxylic acids is 1. The van der Waals surface area contributed by atoms with E-state index in [1.165, 1.54) is 0 Å². The lowest BCUT2D eigenvalue weighted by Gasteiger charge is -2.11. The number of hydrogen-bond acceptors (Lipinski definition) is 3. The Bertz CT molecular complexity index is 399. The first kappa shape index (κ1) is 10.8. The van der Waals surface area contributed by atoms with Crippen molar-refractivity contribution in [2.45, 2.75) is 12.8 Å². The van der Waals surface area contributed by atoms with Gasteiger partial charge in [0.05, 0.1) is 19.9 Å². The molecule has 86 valence electrons. The molecule has 2 rings (SSSR count). The third kappa shape index (κ3) is 2.27. The van der Waals surface area contributed by atoms with Crippen LogP contribution in [0.3, 0.4) is 0 Å². The van der Waals surface area contributed by atoms with Gasteiger partial charge in [0, 0.05) is 12.0 Å². The molecule has 0 heterocycles. The molecule has 0 aliphatic heterocycles. The van der Waals surface area contributed by atoms with Gasteiger partial charge in [0.2, 0.25) is 5.91 Å². The molecule has 1 saturated carbocycles. The Morgan fingerprint density at radius 3 is 2.62 bits per heavy atom. The zero-order valence-electron chi connectivity index (χ0n) is 9.45. The van der Waals surface area contributed by atoms with Gasteiger partial charge in [-0.25, -0.2) is 0 Å². The number of ether oxygens (including phenoxy) is 2. The minimum atomic E-state index is 0.0727. The van der Waals surface area contributed by atoms with Crippen molar-refractivity contribution >= 4 is 11.6 Å². The SMILES string of the molecule is COc1ccc(NC(=O)C2CC2)c(OC)c1. The standard InChI is InChI=1S/C12H15NO3/c1-15-9-5-6-10(11(7-9)16-2)13-12(14)8-3-4-8/h5-8H,3-4H2,1-2H3,(H,13,14). The van der Waals surface area contributed by atoms with Crippen molar-refractivity contribution < 1.29 is 14.3 Å². The van der Waals surface area contributed by atoms with Gasteiger partial charge in [0.15, 0.2) is 0 Å². The molecule has 0 atom stereocenters. The fourth-order valence-corrected chi connectivity index (χ4v) is 1.48. The molecule has 1 amide bonds. The number of hydrogen-bond donors (Lipinski definition) is 1. The maximum atomic E-state index is 11.6. The molecular formula is C12H15NO3. The third-order valence-electron chi connectivity index (χ3n) is 2.61. The van der Waals surface area contributed by atoms with E-state index in [1.807, 2.05) is 0 Å². The average Bonchev–Trinajstić information content (AvgIpc) is 3.13. The van der Waals surface area contributed by atoms with Crippen LogP contribution in [0, 0.1) is 5.92 Å². The van der Waals surface area contributed by atoms with Crippen LogP contribution in [0.25, 0.3) is 0 Å². The average molecular weight is 221 g/mol. The topological polar surface area (TPSA) is 47.6 Å². The highest BCUT2D eigenvalue weighted by Crippen LogP contribution is 2.33. The Kier molecular flexibility index (Phi) is 2.99. The summed E-state index contributed by atoms with van der Waals surface area (Å²) in [4.78, 5) is 11.6. The largest absolute Gasteiger partial charge is 0.497 e. The van der Waals surface area contributed by atoms with Crippen LogP contribution >= 0.6 is 0 Å². The van der Waals surface area contributed by atoms with E-state index in [0.29, 0.717) is 17.2 Å². The Morgan fingerprint density at radius 1 is 1.31 bits per heavy atom. The van der Waals surface area contributed by atoms with E-state index >= 15 is 0 Å². The summed E-state index contributed by atoms with van der Waals surface area (Å²) < 4.78 is 10.3. The minimum Gasteiger partial charge on any atom is -0.497 e. The van der Waals surface area contributed by atoms with Gasteiger partial charge in [-0.1, -0.05) is 0 Å². The molecule has 1 aliphatic carbocycles. The van der Waals surface area contributed by atoms with Gasteiger partial charge in [0.25, 0.3) is 0 Å². The van der Waals surface area contributed by atoms with E-state index in [4.69, 9.17) is 9.47 Å². The second-order valence-electron chi connectivity index (χ2n) is 3.83. The summed E-state index contributed by atoms with van der Waals surface area (Å²) in [7, 11) is 3.17. The van der Waals surface area contributed by atoms with Gasteiger partial charge in [-0.05, 0) is 25.0 Å². The monoisotopic (exact) mass is 221 g/mol. The molecule has 1 aromatic carbocycles. The van der Waals surface area contributed by atoms with Gasteiger partial charge >= 0.3 is 0 Å². The first-order valence-electron chi connectivity index (χ1n) is 5.27. The lowest BCUT2D eigenvalue weighted by Crippen LogP contribution is -2.13. The molecule has 0 bridgehead atoms. The van der Waals surface area contributed by atoms with E-state index in [-0.39, 0.29) is 11.8 Å². The fourth-order valence-electron chi connectivity index (χ4n) is 1.48. The molecule has 1 fully saturated rings. The number of amides is 1. The summed E-state index contributed by atoms with van der Waals surface area (Å²) in [5.41, 5.74) is 0.695. The summed E-state index contributed by atoms with van der Waals surface area (Å²) >= 11 is 0. The van der Waals surface area contributed by atoms with Crippen LogP contribution in [0.5, 0.6) is 11.5 Å². The van der Waals surface area contributed by atoms with E-state index in [9.17, 15) is 4.79 Å². The van der Waals surface area contributed by atoms with Crippen molar-refractivity contribution in [2.24, 2.45) is 5.92 Å². The first-order chi connectivity index (χ1) is 7.74. The maximum absolute atomic E-state index is 11.6. The number of nitrogens with one attached hydrogen (secondary N) is 1. The van der Waals surface area contributed by atoms with Crippen LogP contribution < -0.4 is 14.8 Å². The molecule has 16 heavy (non-hydrogen) atoms. The molecule has 1 aromatic rings. The highest BCUT2D eigenvalue weighted by molar-refractivity contribution is 5.95. The zero-order valence-corrected chi connectivity index (χ0v) is 9.45. The molecular weight excluding hydrogens is 206 g/mol. The Labute approximate surface area is 94.6 Å². The summed E-state index contributed by atoms with van der Waals surface area (Å²) in [5.74, 6) is 1.59. The van der Waals surface area contributed by atoms with E-state index in [0.717, 1.165) is 12.8 Å². The lowest BCUT2D eigenvalue weighted by atomic mass is 10.2. The van der Waals surface area contributed by atoms with Gasteiger partial charge in [0.1, 0.15) is 11.5 Å². The van der Waals surface area contributed by atoms with Gasteiger partial charge in [-0.3, -0.25) is 4.79 Å². The highest BCUT2D eigenvalue weighted by Gasteiger charge is 2.30. The molecule has 0 radical (unpaired) electrons. The van der Waals surface area contributed by atoms with Crippen molar-refractivity contribution in [1.29, 1.82) is 0 Å². The molecule has 0 aromatic heterocycles. The van der Waals surface area contributed by atoms with E-state index in [1.54, 1.807) is 32.4 Å². The van der Waals surface area contributed by atoms with Crippen molar-refractivity contribution in [2.75, 3.05) is 19.5 Å². The second-order valence-corrected chi connectivity index (χ2v) is 3.83. The highest BCUT2D eigenvalue weighted by atomic mass is 16.5. The number of rotatable bonds is 4. The minimum absolute atomic E-state index is 0.0727. The Balaban J connectivity index is 2.15. The summed E-state index contributed by atoms with van der Waals surface area (Å²) in [5, 5.41) is 2.86. The second kappa shape index (κ2) is 4.43. The van der Waals surface area contributed by atoms with Gasteiger partial charge in [-0.15, -0.1) is 0 Å². The summed E-state index contributed by atoms with van der Waals surface area (Å²) in [6.07, 6.45) is 1.98. The normalized spacial score (nSPS) is 14.4. The molecule has 0 saturated heterocycles. The van der Waals surface area contributed by atoms with E-state index in [2.05, 4.69) is 5.32 Å². The maximum Gasteiger partial charge on any atom is 0.227 e. The zero-order chi connectivity index (χ0) is 11.5. The third-order valence-corrected chi connectivity index (χ3v) is 2.61. The molecule has 4 nitrogen and oxygen atoms in total. The smallest absolute Gasteiger partial charge is 0.227 e. The van der Waals surface area contributed by atoms with Crippen LogP contribution in [0.4, 0.5) is 5.69 Å². The number of benzene rings is 1. The molecule has 1 aliphatic rings. The molecule has 0 unspecified atom stereocenters. The predicted molar refractivity (Wildman–Crippen MR) is 60.9 cm³/mol. The Morgan fingerprint density at radius 2 is 2.06 bits per heavy atom.